The van der Waals surface area contributed by atoms with Gasteiger partial charge in [-0.05, 0) is 74.5 Å². The summed E-state index contributed by atoms with van der Waals surface area (Å²) in [4.78, 5) is 27.0. The van der Waals surface area contributed by atoms with Crippen LogP contribution in [0.25, 0.3) is 6.08 Å². The lowest BCUT2D eigenvalue weighted by molar-refractivity contribution is -0.118. The van der Waals surface area contributed by atoms with Gasteiger partial charge in [-0.3, -0.25) is 9.59 Å². The van der Waals surface area contributed by atoms with E-state index in [0.29, 0.717) is 30.3 Å². The first-order chi connectivity index (χ1) is 16.4. The van der Waals surface area contributed by atoms with Crippen molar-refractivity contribution in [3.8, 4) is 11.5 Å². The van der Waals surface area contributed by atoms with E-state index >= 15 is 0 Å². The molecular weight excluding hydrogens is 448 g/mol. The average Bonchev–Trinajstić information content (AvgIpc) is 3.33. The number of carbonyl (C=O) groups is 2. The SMILES string of the molecule is CCOc1ccc(C(C)NC(=O)/C(=C/c2cccs2)NC(=O)c2ccccc2C)cc1OCC. The highest BCUT2D eigenvalue weighted by molar-refractivity contribution is 7.10. The molecule has 7 heteroatoms. The van der Waals surface area contributed by atoms with Crippen LogP contribution in [0.2, 0.25) is 0 Å². The number of amides is 2. The zero-order valence-electron chi connectivity index (χ0n) is 19.9. The Bertz CT molecular complexity index is 1160. The largest absolute Gasteiger partial charge is 0.490 e. The molecule has 0 radical (unpaired) electrons. The van der Waals surface area contributed by atoms with Crippen LogP contribution in [0.1, 0.15) is 53.2 Å². The van der Waals surface area contributed by atoms with E-state index in [2.05, 4.69) is 10.6 Å². The van der Waals surface area contributed by atoms with E-state index in [-0.39, 0.29) is 23.6 Å². The van der Waals surface area contributed by atoms with Gasteiger partial charge in [0.1, 0.15) is 5.70 Å². The van der Waals surface area contributed by atoms with Crippen LogP contribution in [0.5, 0.6) is 11.5 Å². The van der Waals surface area contributed by atoms with E-state index in [0.717, 1.165) is 16.0 Å². The van der Waals surface area contributed by atoms with Crippen molar-refractivity contribution >= 4 is 29.2 Å². The lowest BCUT2D eigenvalue weighted by atomic mass is 10.1. The van der Waals surface area contributed by atoms with Crippen molar-refractivity contribution in [2.45, 2.75) is 33.7 Å². The van der Waals surface area contributed by atoms with Crippen molar-refractivity contribution in [1.82, 2.24) is 10.6 Å². The van der Waals surface area contributed by atoms with Gasteiger partial charge >= 0.3 is 0 Å². The van der Waals surface area contributed by atoms with Gasteiger partial charge in [-0.15, -0.1) is 11.3 Å². The molecule has 0 fully saturated rings. The molecule has 1 heterocycles. The second kappa shape index (κ2) is 12.0. The van der Waals surface area contributed by atoms with Gasteiger partial charge in [0.15, 0.2) is 11.5 Å². The number of aryl methyl sites for hydroxylation is 1. The maximum atomic E-state index is 13.2. The summed E-state index contributed by atoms with van der Waals surface area (Å²) in [6.07, 6.45) is 1.69. The third-order valence-electron chi connectivity index (χ3n) is 5.13. The molecule has 2 aromatic carbocycles. The van der Waals surface area contributed by atoms with E-state index < -0.39 is 0 Å². The highest BCUT2D eigenvalue weighted by Gasteiger charge is 2.19. The van der Waals surface area contributed by atoms with Gasteiger partial charge in [-0.1, -0.05) is 30.3 Å². The lowest BCUT2D eigenvalue weighted by Crippen LogP contribution is -2.36. The average molecular weight is 479 g/mol. The predicted octanol–water partition coefficient (Wildman–Crippen LogP) is 5.50. The summed E-state index contributed by atoms with van der Waals surface area (Å²) in [5, 5.41) is 7.70. The fourth-order valence-corrected chi connectivity index (χ4v) is 4.04. The molecule has 0 aliphatic carbocycles. The molecule has 2 N–H and O–H groups in total. The van der Waals surface area contributed by atoms with E-state index in [9.17, 15) is 9.59 Å². The summed E-state index contributed by atoms with van der Waals surface area (Å²) < 4.78 is 11.3. The van der Waals surface area contributed by atoms with Crippen molar-refractivity contribution in [1.29, 1.82) is 0 Å². The van der Waals surface area contributed by atoms with Crippen LogP contribution in [-0.4, -0.2) is 25.0 Å². The number of carbonyl (C=O) groups excluding carboxylic acids is 2. The van der Waals surface area contributed by atoms with Crippen LogP contribution in [0.15, 0.2) is 65.7 Å². The van der Waals surface area contributed by atoms with E-state index in [1.165, 1.54) is 11.3 Å². The second-order valence-electron chi connectivity index (χ2n) is 7.61. The van der Waals surface area contributed by atoms with Gasteiger partial charge < -0.3 is 20.1 Å². The molecule has 1 atom stereocenters. The van der Waals surface area contributed by atoms with Gasteiger partial charge in [-0.25, -0.2) is 0 Å². The van der Waals surface area contributed by atoms with Gasteiger partial charge in [0.05, 0.1) is 19.3 Å². The molecular formula is C27H30N2O4S. The molecule has 0 aliphatic rings. The molecule has 0 aliphatic heterocycles. The summed E-state index contributed by atoms with van der Waals surface area (Å²) in [7, 11) is 0. The Morgan fingerprint density at radius 1 is 1.00 bits per heavy atom. The maximum absolute atomic E-state index is 13.2. The van der Waals surface area contributed by atoms with Crippen LogP contribution < -0.4 is 20.1 Å². The summed E-state index contributed by atoms with van der Waals surface area (Å²) in [6, 6.07) is 16.3. The van der Waals surface area contributed by atoms with Crippen LogP contribution >= 0.6 is 11.3 Å². The normalized spacial score (nSPS) is 12.1. The first kappa shape index (κ1) is 25.1. The number of hydrogen-bond donors (Lipinski definition) is 2. The van der Waals surface area contributed by atoms with Crippen LogP contribution in [0.4, 0.5) is 0 Å². The standard InChI is InChI=1S/C27H30N2O4S/c1-5-32-24-14-13-20(16-25(24)33-6-2)19(4)28-27(31)23(17-21-11-9-15-34-21)29-26(30)22-12-8-7-10-18(22)3/h7-17,19H,5-6H2,1-4H3,(H,28,31)(H,29,30)/b23-17-. The Balaban J connectivity index is 1.82. The molecule has 0 bridgehead atoms. The molecule has 0 spiro atoms. The first-order valence-electron chi connectivity index (χ1n) is 11.3. The molecule has 0 saturated heterocycles. The van der Waals surface area contributed by atoms with Gasteiger partial charge in [0.2, 0.25) is 0 Å². The van der Waals surface area contributed by atoms with Crippen LogP contribution in [-0.2, 0) is 4.79 Å². The van der Waals surface area contributed by atoms with Crippen molar-refractivity contribution < 1.29 is 19.1 Å². The molecule has 1 unspecified atom stereocenters. The third kappa shape index (κ3) is 6.48. The number of hydrogen-bond acceptors (Lipinski definition) is 5. The zero-order valence-corrected chi connectivity index (χ0v) is 20.7. The number of nitrogens with one attached hydrogen (secondary N) is 2. The number of ether oxygens (including phenoxy) is 2. The Hall–Kier alpha value is -3.58. The quantitative estimate of drug-likeness (QED) is 0.377. The number of thiophene rings is 1. The second-order valence-corrected chi connectivity index (χ2v) is 8.59. The molecule has 6 nitrogen and oxygen atoms in total. The molecule has 3 aromatic rings. The molecule has 0 saturated carbocycles. The minimum Gasteiger partial charge on any atom is -0.490 e. The summed E-state index contributed by atoms with van der Waals surface area (Å²) >= 11 is 1.49. The van der Waals surface area contributed by atoms with Gasteiger partial charge in [0.25, 0.3) is 11.8 Å². The molecule has 2 amide bonds. The maximum Gasteiger partial charge on any atom is 0.268 e. The Labute approximate surface area is 204 Å². The van der Waals surface area contributed by atoms with Gasteiger partial charge in [0, 0.05) is 10.4 Å². The zero-order chi connectivity index (χ0) is 24.5. The van der Waals surface area contributed by atoms with E-state index in [4.69, 9.17) is 9.47 Å². The van der Waals surface area contributed by atoms with E-state index in [1.54, 1.807) is 18.2 Å². The van der Waals surface area contributed by atoms with Crippen molar-refractivity contribution in [2.24, 2.45) is 0 Å². The monoisotopic (exact) mass is 478 g/mol. The topological polar surface area (TPSA) is 76.7 Å². The molecule has 1 aromatic heterocycles. The molecule has 34 heavy (non-hydrogen) atoms. The van der Waals surface area contributed by atoms with Crippen molar-refractivity contribution in [2.75, 3.05) is 13.2 Å². The summed E-state index contributed by atoms with van der Waals surface area (Å²) in [5.41, 5.74) is 2.40. The fourth-order valence-electron chi connectivity index (χ4n) is 3.39. The Morgan fingerprint density at radius 3 is 2.41 bits per heavy atom. The van der Waals surface area contributed by atoms with Crippen molar-refractivity contribution in [3.63, 3.8) is 0 Å². The smallest absolute Gasteiger partial charge is 0.268 e. The van der Waals surface area contributed by atoms with Crippen LogP contribution in [0, 0.1) is 6.92 Å². The lowest BCUT2D eigenvalue weighted by Gasteiger charge is -2.19. The fraction of sp³-hybridized carbons (Fsp3) is 0.259. The highest BCUT2D eigenvalue weighted by atomic mass is 32.1. The summed E-state index contributed by atoms with van der Waals surface area (Å²) in [6.45, 7) is 8.61. The van der Waals surface area contributed by atoms with E-state index in [1.807, 2.05) is 75.5 Å². The highest BCUT2D eigenvalue weighted by Crippen LogP contribution is 2.31. The van der Waals surface area contributed by atoms with Gasteiger partial charge in [-0.2, -0.15) is 0 Å². The molecule has 3 rings (SSSR count). The Morgan fingerprint density at radius 2 is 1.74 bits per heavy atom. The first-order valence-corrected chi connectivity index (χ1v) is 12.1. The molecule has 178 valence electrons. The van der Waals surface area contributed by atoms with Crippen LogP contribution in [0.3, 0.4) is 0 Å². The number of rotatable bonds is 10. The Kier molecular flexibility index (Phi) is 8.87. The summed E-state index contributed by atoms with van der Waals surface area (Å²) in [5.74, 6) is 0.582. The number of benzene rings is 2. The van der Waals surface area contributed by atoms with Crippen molar-refractivity contribution in [3.05, 3.63) is 87.2 Å². The predicted molar refractivity (Wildman–Crippen MR) is 136 cm³/mol. The minimum absolute atomic E-state index is 0.179. The minimum atomic E-state index is -0.380. The third-order valence-corrected chi connectivity index (χ3v) is 5.95.